The maximum Gasteiger partial charge on any atom is 0.315 e. The molecule has 144 valence electrons. The first-order valence-corrected chi connectivity index (χ1v) is 8.55. The third kappa shape index (κ3) is 3.98. The fourth-order valence-electron chi connectivity index (χ4n) is 2.90. The summed E-state index contributed by atoms with van der Waals surface area (Å²) in [6, 6.07) is 18.6. The number of phenolic OH excluding ortho intramolecular Hbond substituents is 1. The maximum absolute atomic E-state index is 11.2. The Morgan fingerprint density at radius 2 is 1.68 bits per heavy atom. The van der Waals surface area contributed by atoms with Crippen LogP contribution in [-0.2, 0) is 6.54 Å². The van der Waals surface area contributed by atoms with E-state index in [4.69, 9.17) is 9.47 Å². The van der Waals surface area contributed by atoms with Crippen molar-refractivity contribution in [3.63, 3.8) is 0 Å². The highest BCUT2D eigenvalue weighted by Gasteiger charge is 2.20. The molecule has 3 rings (SSSR count). The van der Waals surface area contributed by atoms with Gasteiger partial charge in [-0.05, 0) is 34.9 Å². The molecule has 0 bridgehead atoms. The molecule has 28 heavy (non-hydrogen) atoms. The Kier molecular flexibility index (Phi) is 5.64. The normalized spacial score (nSPS) is 10.4. The number of rotatable bonds is 7. The molecule has 0 spiro atoms. The quantitative estimate of drug-likeness (QED) is 0.460. The number of hydrogen-bond donors (Lipinski definition) is 2. The van der Waals surface area contributed by atoms with Gasteiger partial charge in [0.2, 0.25) is 5.75 Å². The summed E-state index contributed by atoms with van der Waals surface area (Å²) in [5.74, 6) is 0.218. The van der Waals surface area contributed by atoms with Gasteiger partial charge in [0.1, 0.15) is 5.75 Å². The zero-order valence-electron chi connectivity index (χ0n) is 15.5. The SMILES string of the molecule is COc1ccc(-c2ccccc2)cc1NCc1cc(OC)c(O)c([N+](=O)[O-])c1. The first-order chi connectivity index (χ1) is 13.5. The summed E-state index contributed by atoms with van der Waals surface area (Å²) >= 11 is 0. The van der Waals surface area contributed by atoms with Crippen LogP contribution >= 0.6 is 0 Å². The van der Waals surface area contributed by atoms with Crippen LogP contribution in [0.5, 0.6) is 17.2 Å². The van der Waals surface area contributed by atoms with Gasteiger partial charge in [-0.1, -0.05) is 36.4 Å². The molecule has 0 fully saturated rings. The molecular weight excluding hydrogens is 360 g/mol. The zero-order valence-corrected chi connectivity index (χ0v) is 15.5. The summed E-state index contributed by atoms with van der Waals surface area (Å²) in [7, 11) is 2.93. The van der Waals surface area contributed by atoms with Gasteiger partial charge in [-0.15, -0.1) is 0 Å². The van der Waals surface area contributed by atoms with Crippen LogP contribution in [0, 0.1) is 10.1 Å². The van der Waals surface area contributed by atoms with Gasteiger partial charge in [-0.25, -0.2) is 0 Å². The summed E-state index contributed by atoms with van der Waals surface area (Å²) in [5, 5.41) is 24.3. The molecule has 0 unspecified atom stereocenters. The van der Waals surface area contributed by atoms with Crippen LogP contribution in [0.25, 0.3) is 11.1 Å². The van der Waals surface area contributed by atoms with Gasteiger partial charge in [0.25, 0.3) is 0 Å². The van der Waals surface area contributed by atoms with Gasteiger partial charge in [0, 0.05) is 12.6 Å². The Morgan fingerprint density at radius 1 is 0.964 bits per heavy atom. The molecule has 0 saturated heterocycles. The molecule has 0 saturated carbocycles. The van der Waals surface area contributed by atoms with E-state index in [1.54, 1.807) is 13.2 Å². The summed E-state index contributed by atoms with van der Waals surface area (Å²) in [6.45, 7) is 0.284. The van der Waals surface area contributed by atoms with Crippen LogP contribution in [0.3, 0.4) is 0 Å². The Balaban J connectivity index is 1.90. The van der Waals surface area contributed by atoms with Crippen molar-refractivity contribution in [2.45, 2.75) is 6.54 Å². The minimum atomic E-state index is -0.641. The molecule has 0 aromatic heterocycles. The first kappa shape index (κ1) is 19.0. The van der Waals surface area contributed by atoms with Crippen LogP contribution < -0.4 is 14.8 Å². The predicted molar refractivity (Wildman–Crippen MR) is 107 cm³/mol. The van der Waals surface area contributed by atoms with Crippen molar-refractivity contribution < 1.29 is 19.5 Å². The molecule has 7 heteroatoms. The fourth-order valence-corrected chi connectivity index (χ4v) is 2.90. The van der Waals surface area contributed by atoms with Crippen LogP contribution in [0.2, 0.25) is 0 Å². The van der Waals surface area contributed by atoms with E-state index in [1.165, 1.54) is 13.2 Å². The third-order valence-corrected chi connectivity index (χ3v) is 4.32. The monoisotopic (exact) mass is 380 g/mol. The number of hydrogen-bond acceptors (Lipinski definition) is 6. The minimum absolute atomic E-state index is 0.0519. The summed E-state index contributed by atoms with van der Waals surface area (Å²) in [6.07, 6.45) is 0. The number of anilines is 1. The zero-order chi connectivity index (χ0) is 20.1. The highest BCUT2D eigenvalue weighted by molar-refractivity contribution is 5.72. The summed E-state index contributed by atoms with van der Waals surface area (Å²) in [5.41, 5.74) is 3.02. The smallest absolute Gasteiger partial charge is 0.315 e. The van der Waals surface area contributed by atoms with Gasteiger partial charge in [0.15, 0.2) is 5.75 Å². The van der Waals surface area contributed by atoms with Crippen molar-refractivity contribution in [1.82, 2.24) is 0 Å². The van der Waals surface area contributed by atoms with Crippen molar-refractivity contribution in [2.75, 3.05) is 19.5 Å². The van der Waals surface area contributed by atoms with Crippen LogP contribution in [0.4, 0.5) is 11.4 Å². The Labute approximate surface area is 162 Å². The highest BCUT2D eigenvalue weighted by atomic mass is 16.6. The topological polar surface area (TPSA) is 93.9 Å². The molecule has 0 atom stereocenters. The molecule has 3 aromatic rings. The van der Waals surface area contributed by atoms with Crippen molar-refractivity contribution in [3.05, 3.63) is 76.3 Å². The number of methoxy groups -OCH3 is 2. The molecule has 0 heterocycles. The number of benzene rings is 3. The predicted octanol–water partition coefficient (Wildman–Crippen LogP) is 4.60. The number of nitrogens with zero attached hydrogens (tertiary/aromatic N) is 1. The van der Waals surface area contributed by atoms with Crippen molar-refractivity contribution >= 4 is 11.4 Å². The van der Waals surface area contributed by atoms with Crippen LogP contribution in [0.15, 0.2) is 60.7 Å². The van der Waals surface area contributed by atoms with E-state index in [0.717, 1.165) is 16.8 Å². The lowest BCUT2D eigenvalue weighted by atomic mass is 10.0. The van der Waals surface area contributed by atoms with Crippen molar-refractivity contribution in [1.29, 1.82) is 0 Å². The average Bonchev–Trinajstić information content (AvgIpc) is 2.73. The number of phenols is 1. The summed E-state index contributed by atoms with van der Waals surface area (Å²) in [4.78, 5) is 10.5. The molecule has 0 aliphatic rings. The number of nitrogens with one attached hydrogen (secondary N) is 1. The van der Waals surface area contributed by atoms with Gasteiger partial charge < -0.3 is 19.9 Å². The van der Waals surface area contributed by atoms with E-state index in [2.05, 4.69) is 5.32 Å². The number of ether oxygens (including phenoxy) is 2. The summed E-state index contributed by atoms with van der Waals surface area (Å²) < 4.78 is 10.5. The van der Waals surface area contributed by atoms with Gasteiger partial charge in [-0.3, -0.25) is 10.1 Å². The number of nitro benzene ring substituents is 1. The van der Waals surface area contributed by atoms with E-state index in [-0.39, 0.29) is 12.3 Å². The Hall–Kier alpha value is -3.74. The van der Waals surface area contributed by atoms with E-state index in [9.17, 15) is 15.2 Å². The van der Waals surface area contributed by atoms with E-state index in [0.29, 0.717) is 11.3 Å². The standard InChI is InChI=1S/C21H20N2O5/c1-27-19-9-8-16(15-6-4-3-5-7-15)12-17(19)22-13-14-10-18(23(25)26)21(24)20(11-14)28-2/h3-12,22,24H,13H2,1-2H3. The van der Waals surface area contributed by atoms with Crippen molar-refractivity contribution in [2.24, 2.45) is 0 Å². The lowest BCUT2D eigenvalue weighted by molar-refractivity contribution is -0.386. The molecule has 0 aliphatic heterocycles. The van der Waals surface area contributed by atoms with Crippen LogP contribution in [-0.4, -0.2) is 24.2 Å². The van der Waals surface area contributed by atoms with Gasteiger partial charge in [-0.2, -0.15) is 0 Å². The molecule has 7 nitrogen and oxygen atoms in total. The number of aromatic hydroxyl groups is 1. The molecule has 0 aliphatic carbocycles. The molecule has 2 N–H and O–H groups in total. The van der Waals surface area contributed by atoms with Crippen LogP contribution in [0.1, 0.15) is 5.56 Å². The van der Waals surface area contributed by atoms with E-state index in [1.807, 2.05) is 48.5 Å². The second-order valence-electron chi connectivity index (χ2n) is 6.06. The number of nitro groups is 1. The lowest BCUT2D eigenvalue weighted by Crippen LogP contribution is -2.03. The third-order valence-electron chi connectivity index (χ3n) is 4.32. The molecule has 0 radical (unpaired) electrons. The minimum Gasteiger partial charge on any atom is -0.500 e. The van der Waals surface area contributed by atoms with Crippen molar-refractivity contribution in [3.8, 4) is 28.4 Å². The molecule has 0 amide bonds. The first-order valence-electron chi connectivity index (χ1n) is 8.55. The fraction of sp³-hybridized carbons (Fsp3) is 0.143. The maximum atomic E-state index is 11.2. The van der Waals surface area contributed by atoms with Gasteiger partial charge >= 0.3 is 5.69 Å². The second-order valence-corrected chi connectivity index (χ2v) is 6.06. The highest BCUT2D eigenvalue weighted by Crippen LogP contribution is 2.37. The average molecular weight is 380 g/mol. The second kappa shape index (κ2) is 8.30. The van der Waals surface area contributed by atoms with E-state index < -0.39 is 16.4 Å². The molecular formula is C21H20N2O5. The largest absolute Gasteiger partial charge is 0.500 e. The Bertz CT molecular complexity index is 990. The Morgan fingerprint density at radius 3 is 2.32 bits per heavy atom. The van der Waals surface area contributed by atoms with Gasteiger partial charge in [0.05, 0.1) is 24.8 Å². The van der Waals surface area contributed by atoms with E-state index >= 15 is 0 Å². The lowest BCUT2D eigenvalue weighted by Gasteiger charge is -2.14. The molecule has 3 aromatic carbocycles.